The fraction of sp³-hybridized carbons (Fsp3) is 0.0526. The Bertz CT molecular complexity index is 2370. The van der Waals surface area contributed by atoms with Gasteiger partial charge in [-0.2, -0.15) is 10.5 Å². The van der Waals surface area contributed by atoms with Crippen LogP contribution in [0.1, 0.15) is 28.3 Å². The molecule has 43 heavy (non-hydrogen) atoms. The standard InChI is InChI=1S/C38H22N4O/c39-21-23-9-13-25(14-10-23)28-19-33(27-15-11-24(22-40)12-16-27)36-34(20-28)42-37(41-36)31-18-17-29(26-5-2-1-3-6-26)30-7-4-8-32(35(30)31)38(42)43/h1-20,34,36H. The number of nitrogens with zero attached hydrogens (tertiary/aromatic N) is 4. The van der Waals surface area contributed by atoms with Crippen LogP contribution in [0.25, 0.3) is 43.8 Å². The van der Waals surface area contributed by atoms with Crippen molar-refractivity contribution < 1.29 is 0 Å². The Morgan fingerprint density at radius 1 is 0.651 bits per heavy atom. The van der Waals surface area contributed by atoms with Gasteiger partial charge in [-0.1, -0.05) is 78.9 Å². The van der Waals surface area contributed by atoms with E-state index in [4.69, 9.17) is 4.99 Å². The molecule has 8 rings (SSSR count). The summed E-state index contributed by atoms with van der Waals surface area (Å²) < 4.78 is 1.85. The number of benzene rings is 5. The van der Waals surface area contributed by atoms with Crippen molar-refractivity contribution in [1.82, 2.24) is 4.57 Å². The summed E-state index contributed by atoms with van der Waals surface area (Å²) in [5.41, 5.74) is 7.82. The fourth-order valence-electron chi connectivity index (χ4n) is 6.57. The van der Waals surface area contributed by atoms with Crippen molar-refractivity contribution in [3.05, 3.63) is 159 Å². The van der Waals surface area contributed by atoms with Crippen LogP contribution in [0.3, 0.4) is 0 Å². The Kier molecular flexibility index (Phi) is 5.47. The third-order valence-corrected chi connectivity index (χ3v) is 8.60. The Balaban J connectivity index is 1.39. The van der Waals surface area contributed by atoms with E-state index in [1.54, 1.807) is 12.1 Å². The number of rotatable bonds is 3. The van der Waals surface area contributed by atoms with Gasteiger partial charge in [0.05, 0.1) is 29.3 Å². The third kappa shape index (κ3) is 3.76. The number of nitriles is 2. The first-order valence-corrected chi connectivity index (χ1v) is 14.1. The van der Waals surface area contributed by atoms with Crippen molar-refractivity contribution in [3.63, 3.8) is 0 Å². The molecule has 1 aromatic heterocycles. The predicted octanol–water partition coefficient (Wildman–Crippen LogP) is 7.01. The van der Waals surface area contributed by atoms with Crippen LogP contribution in [0.15, 0.2) is 131 Å². The first-order chi connectivity index (χ1) is 21.1. The second kappa shape index (κ2) is 9.52. The van der Waals surface area contributed by atoms with Gasteiger partial charge in [0.2, 0.25) is 0 Å². The van der Waals surface area contributed by atoms with Crippen molar-refractivity contribution >= 4 is 32.7 Å². The molecule has 2 unspecified atom stereocenters. The Hall–Kier alpha value is -6.04. The molecular formula is C38H22N4O. The van der Waals surface area contributed by atoms with Crippen LogP contribution in [0.4, 0.5) is 0 Å². The van der Waals surface area contributed by atoms with Crippen LogP contribution < -0.4 is 11.0 Å². The van der Waals surface area contributed by atoms with Crippen molar-refractivity contribution in [1.29, 1.82) is 10.5 Å². The normalized spacial score (nSPS) is 16.9. The Labute approximate surface area is 247 Å². The van der Waals surface area contributed by atoms with Crippen LogP contribution >= 0.6 is 0 Å². The topological polar surface area (TPSA) is 81.9 Å². The number of pyridine rings is 1. The van der Waals surface area contributed by atoms with E-state index in [2.05, 4.69) is 54.6 Å². The average molecular weight is 551 g/mol. The Morgan fingerprint density at radius 2 is 1.33 bits per heavy atom. The molecule has 2 heterocycles. The lowest BCUT2D eigenvalue weighted by Crippen LogP contribution is -2.35. The van der Waals surface area contributed by atoms with Gasteiger partial charge in [0.1, 0.15) is 11.5 Å². The third-order valence-electron chi connectivity index (χ3n) is 8.60. The number of aromatic nitrogens is 1. The number of allylic oxidation sites excluding steroid dienone is 2. The summed E-state index contributed by atoms with van der Waals surface area (Å²) in [7, 11) is 0. The summed E-state index contributed by atoms with van der Waals surface area (Å²) in [5.74, 6) is 0. The summed E-state index contributed by atoms with van der Waals surface area (Å²) >= 11 is 0. The maximum Gasteiger partial charge on any atom is 0.260 e. The van der Waals surface area contributed by atoms with Crippen LogP contribution in [0.5, 0.6) is 0 Å². The molecule has 0 saturated heterocycles. The molecule has 1 aliphatic heterocycles. The van der Waals surface area contributed by atoms with Crippen molar-refractivity contribution in [2.75, 3.05) is 0 Å². The highest BCUT2D eigenvalue weighted by Crippen LogP contribution is 2.41. The van der Waals surface area contributed by atoms with Gasteiger partial charge in [-0.05, 0) is 81.3 Å². The highest BCUT2D eigenvalue weighted by atomic mass is 16.1. The van der Waals surface area contributed by atoms with Gasteiger partial charge in [-0.25, -0.2) is 0 Å². The highest BCUT2D eigenvalue weighted by molar-refractivity contribution is 6.14. The van der Waals surface area contributed by atoms with Crippen LogP contribution in [0, 0.1) is 22.7 Å². The molecule has 0 N–H and O–H groups in total. The summed E-state index contributed by atoms with van der Waals surface area (Å²) in [6, 6.07) is 39.2. The lowest BCUT2D eigenvalue weighted by molar-refractivity contribution is 0.588. The molecule has 0 bridgehead atoms. The SMILES string of the molecule is N#Cc1ccc(C2=CC3C(N=c4c5ccc(-c6ccccc6)c6cccc(c(=O)n43)c65)C(c3ccc(C#N)cc3)=C2)cc1. The molecule has 1 aliphatic carbocycles. The molecule has 2 aliphatic rings. The van der Waals surface area contributed by atoms with E-state index in [-0.39, 0.29) is 17.6 Å². The zero-order valence-electron chi connectivity index (χ0n) is 22.9. The van der Waals surface area contributed by atoms with E-state index >= 15 is 0 Å². The molecule has 5 nitrogen and oxygen atoms in total. The summed E-state index contributed by atoms with van der Waals surface area (Å²) in [4.78, 5) is 19.6. The van der Waals surface area contributed by atoms with E-state index in [1.807, 2.05) is 71.3 Å². The fourth-order valence-corrected chi connectivity index (χ4v) is 6.57. The number of fused-ring (bicyclic) bond motifs is 4. The molecule has 200 valence electrons. The highest BCUT2D eigenvalue weighted by Gasteiger charge is 2.36. The first kappa shape index (κ1) is 24.7. The van der Waals surface area contributed by atoms with E-state index in [1.165, 1.54) is 0 Å². The van der Waals surface area contributed by atoms with Crippen LogP contribution in [-0.2, 0) is 0 Å². The summed E-state index contributed by atoms with van der Waals surface area (Å²) in [5, 5.41) is 22.3. The zero-order valence-corrected chi connectivity index (χ0v) is 22.9. The van der Waals surface area contributed by atoms with E-state index in [0.717, 1.165) is 49.6 Å². The average Bonchev–Trinajstić information content (AvgIpc) is 3.47. The molecule has 0 spiro atoms. The minimum atomic E-state index is -0.332. The van der Waals surface area contributed by atoms with E-state index in [0.29, 0.717) is 22.0 Å². The second-order valence-electron chi connectivity index (χ2n) is 10.9. The largest absolute Gasteiger partial charge is 0.283 e. The molecule has 6 aromatic rings. The van der Waals surface area contributed by atoms with Crippen LogP contribution in [-0.4, -0.2) is 10.6 Å². The van der Waals surface area contributed by atoms with Crippen molar-refractivity contribution in [3.8, 4) is 23.3 Å². The molecule has 2 atom stereocenters. The Morgan fingerprint density at radius 3 is 2.02 bits per heavy atom. The number of hydrogen-bond donors (Lipinski definition) is 0. The number of hydrogen-bond acceptors (Lipinski definition) is 4. The van der Waals surface area contributed by atoms with Crippen molar-refractivity contribution in [2.45, 2.75) is 12.1 Å². The molecule has 5 aromatic carbocycles. The van der Waals surface area contributed by atoms with Gasteiger partial charge < -0.3 is 0 Å². The lowest BCUT2D eigenvalue weighted by Gasteiger charge is -2.26. The van der Waals surface area contributed by atoms with Crippen molar-refractivity contribution in [2.24, 2.45) is 4.99 Å². The van der Waals surface area contributed by atoms with Gasteiger partial charge >= 0.3 is 0 Å². The quantitative estimate of drug-likeness (QED) is 0.238. The molecular weight excluding hydrogens is 528 g/mol. The maximum absolute atomic E-state index is 14.4. The zero-order chi connectivity index (χ0) is 29.1. The molecule has 0 amide bonds. The molecule has 0 fully saturated rings. The van der Waals surface area contributed by atoms with Gasteiger partial charge in [-0.15, -0.1) is 0 Å². The van der Waals surface area contributed by atoms with E-state index < -0.39 is 0 Å². The summed E-state index contributed by atoms with van der Waals surface area (Å²) in [6.45, 7) is 0. The smallest absolute Gasteiger partial charge is 0.260 e. The van der Waals surface area contributed by atoms with Gasteiger partial charge in [0.25, 0.3) is 5.56 Å². The van der Waals surface area contributed by atoms with Gasteiger partial charge in [0, 0.05) is 16.2 Å². The second-order valence-corrected chi connectivity index (χ2v) is 10.9. The molecule has 0 radical (unpaired) electrons. The first-order valence-electron chi connectivity index (χ1n) is 14.1. The predicted molar refractivity (Wildman–Crippen MR) is 169 cm³/mol. The summed E-state index contributed by atoms with van der Waals surface area (Å²) in [6.07, 6.45) is 4.25. The molecule has 5 heteroatoms. The van der Waals surface area contributed by atoms with E-state index in [9.17, 15) is 15.3 Å². The monoisotopic (exact) mass is 550 g/mol. The lowest BCUT2D eigenvalue weighted by atomic mass is 9.84. The minimum Gasteiger partial charge on any atom is -0.283 e. The van der Waals surface area contributed by atoms with Gasteiger partial charge in [0.15, 0.2) is 0 Å². The molecule has 0 saturated carbocycles. The minimum absolute atomic E-state index is 0.0638. The van der Waals surface area contributed by atoms with Gasteiger partial charge in [-0.3, -0.25) is 14.4 Å². The maximum atomic E-state index is 14.4. The van der Waals surface area contributed by atoms with Crippen LogP contribution in [0.2, 0.25) is 0 Å².